The number of carbonyl (C=O) groups excluding carboxylic acids is 1. The summed E-state index contributed by atoms with van der Waals surface area (Å²) in [5, 5.41) is 7.30. The number of likely N-dealkylation sites (tertiary alicyclic amines) is 1. The lowest BCUT2D eigenvalue weighted by Gasteiger charge is -2.31. The van der Waals surface area contributed by atoms with E-state index in [1.54, 1.807) is 0 Å². The molecule has 3 aromatic rings. The number of nitrogens with zero attached hydrogens (tertiary/aromatic N) is 2. The van der Waals surface area contributed by atoms with Crippen molar-refractivity contribution >= 4 is 5.78 Å². The minimum Gasteiger partial charge on any atom is -0.457 e. The van der Waals surface area contributed by atoms with E-state index < -0.39 is 0 Å². The smallest absolute Gasteiger partial charge is 0.167 e. The number of aryl methyl sites for hydroxylation is 1. The molecule has 1 saturated heterocycles. The molecule has 0 spiro atoms. The van der Waals surface area contributed by atoms with Crippen molar-refractivity contribution in [3.63, 3.8) is 0 Å². The normalized spacial score (nSPS) is 17.4. The molecule has 5 heteroatoms. The second kappa shape index (κ2) is 8.40. The molecule has 0 amide bonds. The Kier molecular flexibility index (Phi) is 5.53. The number of ether oxygens (including phenoxy) is 1. The molecule has 1 unspecified atom stereocenters. The fourth-order valence-electron chi connectivity index (χ4n) is 3.75. The van der Waals surface area contributed by atoms with Crippen LogP contribution in [0.1, 0.15) is 34.6 Å². The maximum atomic E-state index is 13.0. The molecule has 144 valence electrons. The standard InChI is InChI=1S/C23H25N3O2/c1-17-14-20(25-24-17)16-26-13-5-6-19(15-26)23(27)18-9-11-22(12-10-18)28-21-7-3-2-4-8-21/h2-4,7-12,14,19H,5-6,13,15-16H2,1H3,(H,24,25). The number of rotatable bonds is 6. The summed E-state index contributed by atoms with van der Waals surface area (Å²) >= 11 is 0. The number of aromatic nitrogens is 2. The summed E-state index contributed by atoms with van der Waals surface area (Å²) in [6.45, 7) is 4.59. The SMILES string of the molecule is Cc1cc(CN2CCCC(C(=O)c3ccc(Oc4ccccc4)cc3)C2)n[nH]1. The van der Waals surface area contributed by atoms with Gasteiger partial charge in [0.15, 0.2) is 5.78 Å². The highest BCUT2D eigenvalue weighted by Crippen LogP contribution is 2.25. The second-order valence-corrected chi connectivity index (χ2v) is 7.42. The van der Waals surface area contributed by atoms with E-state index in [2.05, 4.69) is 21.2 Å². The Morgan fingerprint density at radius 2 is 1.89 bits per heavy atom. The van der Waals surface area contributed by atoms with E-state index in [9.17, 15) is 4.79 Å². The van der Waals surface area contributed by atoms with Crippen molar-refractivity contribution in [1.29, 1.82) is 0 Å². The summed E-state index contributed by atoms with van der Waals surface area (Å²) in [6, 6.07) is 19.2. The molecule has 5 nitrogen and oxygen atoms in total. The molecule has 2 aromatic carbocycles. The molecule has 2 heterocycles. The van der Waals surface area contributed by atoms with Crippen molar-refractivity contribution in [1.82, 2.24) is 15.1 Å². The quantitative estimate of drug-likeness (QED) is 0.640. The average molecular weight is 375 g/mol. The monoisotopic (exact) mass is 375 g/mol. The molecule has 0 bridgehead atoms. The van der Waals surface area contributed by atoms with Gasteiger partial charge in [-0.05, 0) is 68.8 Å². The second-order valence-electron chi connectivity index (χ2n) is 7.42. The Morgan fingerprint density at radius 3 is 2.61 bits per heavy atom. The van der Waals surface area contributed by atoms with Crippen molar-refractivity contribution in [2.45, 2.75) is 26.3 Å². The minimum absolute atomic E-state index is 0.0367. The number of hydrogen-bond donors (Lipinski definition) is 1. The molecule has 1 fully saturated rings. The Balaban J connectivity index is 1.37. The summed E-state index contributed by atoms with van der Waals surface area (Å²) < 4.78 is 5.81. The van der Waals surface area contributed by atoms with Crippen LogP contribution in [-0.2, 0) is 6.54 Å². The van der Waals surface area contributed by atoms with Crippen LogP contribution < -0.4 is 4.74 Å². The first-order valence-electron chi connectivity index (χ1n) is 9.78. The van der Waals surface area contributed by atoms with Crippen LogP contribution in [0.15, 0.2) is 60.7 Å². The lowest BCUT2D eigenvalue weighted by Crippen LogP contribution is -2.38. The number of benzene rings is 2. The molecule has 1 N–H and O–H groups in total. The van der Waals surface area contributed by atoms with Crippen molar-refractivity contribution in [2.75, 3.05) is 13.1 Å². The van der Waals surface area contributed by atoms with Gasteiger partial charge in [0.1, 0.15) is 11.5 Å². The largest absolute Gasteiger partial charge is 0.457 e. The summed E-state index contributed by atoms with van der Waals surface area (Å²) in [4.78, 5) is 15.3. The van der Waals surface area contributed by atoms with Crippen molar-refractivity contribution < 1.29 is 9.53 Å². The van der Waals surface area contributed by atoms with Gasteiger partial charge in [0, 0.05) is 30.3 Å². The third kappa shape index (κ3) is 4.49. The number of carbonyl (C=O) groups is 1. The Morgan fingerprint density at radius 1 is 1.14 bits per heavy atom. The van der Waals surface area contributed by atoms with E-state index >= 15 is 0 Å². The van der Waals surface area contributed by atoms with Crippen LogP contribution in [0.2, 0.25) is 0 Å². The van der Waals surface area contributed by atoms with Crippen LogP contribution in [0.4, 0.5) is 0 Å². The number of hydrogen-bond acceptors (Lipinski definition) is 4. The zero-order valence-corrected chi connectivity index (χ0v) is 16.1. The molecule has 1 aliphatic rings. The van der Waals surface area contributed by atoms with Crippen LogP contribution in [0, 0.1) is 12.8 Å². The van der Waals surface area contributed by atoms with Gasteiger partial charge < -0.3 is 4.74 Å². The summed E-state index contributed by atoms with van der Waals surface area (Å²) in [5.74, 6) is 1.78. The molecule has 0 saturated carbocycles. The fraction of sp³-hybridized carbons (Fsp3) is 0.304. The number of Topliss-reactive ketones (excluding diaryl/α,β-unsaturated/α-hetero) is 1. The highest BCUT2D eigenvalue weighted by atomic mass is 16.5. The van der Waals surface area contributed by atoms with Gasteiger partial charge in [0.05, 0.1) is 5.69 Å². The molecule has 1 aromatic heterocycles. The summed E-state index contributed by atoms with van der Waals surface area (Å²) in [5.41, 5.74) is 2.85. The van der Waals surface area contributed by atoms with Gasteiger partial charge in [0.2, 0.25) is 0 Å². The third-order valence-corrected chi connectivity index (χ3v) is 5.14. The van der Waals surface area contributed by atoms with Crippen molar-refractivity contribution in [3.05, 3.63) is 77.6 Å². The van der Waals surface area contributed by atoms with E-state index in [1.807, 2.05) is 61.5 Å². The Labute approximate surface area is 165 Å². The molecule has 0 aliphatic carbocycles. The van der Waals surface area contributed by atoms with Gasteiger partial charge in [-0.2, -0.15) is 5.10 Å². The van der Waals surface area contributed by atoms with Crippen LogP contribution >= 0.6 is 0 Å². The van der Waals surface area contributed by atoms with E-state index in [-0.39, 0.29) is 11.7 Å². The van der Waals surface area contributed by atoms with Crippen LogP contribution in [0.5, 0.6) is 11.5 Å². The molecule has 1 aliphatic heterocycles. The zero-order chi connectivity index (χ0) is 19.3. The van der Waals surface area contributed by atoms with Crippen molar-refractivity contribution in [3.8, 4) is 11.5 Å². The topological polar surface area (TPSA) is 58.2 Å². The number of H-pyrrole nitrogens is 1. The predicted molar refractivity (Wildman–Crippen MR) is 109 cm³/mol. The highest BCUT2D eigenvalue weighted by Gasteiger charge is 2.27. The van der Waals surface area contributed by atoms with Gasteiger partial charge in [0.25, 0.3) is 0 Å². The molecule has 28 heavy (non-hydrogen) atoms. The molecule has 0 radical (unpaired) electrons. The zero-order valence-electron chi connectivity index (χ0n) is 16.1. The van der Waals surface area contributed by atoms with E-state index in [1.165, 1.54) is 0 Å². The van der Waals surface area contributed by atoms with Crippen LogP contribution in [0.25, 0.3) is 0 Å². The van der Waals surface area contributed by atoms with E-state index in [4.69, 9.17) is 4.74 Å². The Bertz CT molecular complexity index is 919. The molecule has 1 atom stereocenters. The lowest BCUT2D eigenvalue weighted by molar-refractivity contribution is 0.0810. The number of para-hydroxylation sites is 1. The van der Waals surface area contributed by atoms with Gasteiger partial charge in [-0.3, -0.25) is 14.8 Å². The molecular formula is C23H25N3O2. The fourth-order valence-corrected chi connectivity index (χ4v) is 3.75. The summed E-state index contributed by atoms with van der Waals surface area (Å²) in [7, 11) is 0. The first kappa shape index (κ1) is 18.4. The molecular weight excluding hydrogens is 350 g/mol. The average Bonchev–Trinajstić information content (AvgIpc) is 3.13. The maximum Gasteiger partial charge on any atom is 0.167 e. The van der Waals surface area contributed by atoms with Gasteiger partial charge in [-0.25, -0.2) is 0 Å². The van der Waals surface area contributed by atoms with Crippen LogP contribution in [-0.4, -0.2) is 34.0 Å². The first-order valence-corrected chi connectivity index (χ1v) is 9.78. The van der Waals surface area contributed by atoms with Gasteiger partial charge in [-0.15, -0.1) is 0 Å². The van der Waals surface area contributed by atoms with E-state index in [0.717, 1.165) is 60.9 Å². The number of aromatic amines is 1. The summed E-state index contributed by atoms with van der Waals surface area (Å²) in [6.07, 6.45) is 1.98. The molecule has 4 rings (SSSR count). The van der Waals surface area contributed by atoms with Crippen molar-refractivity contribution in [2.24, 2.45) is 5.92 Å². The predicted octanol–water partition coefficient (Wildman–Crippen LogP) is 4.61. The minimum atomic E-state index is 0.0367. The lowest BCUT2D eigenvalue weighted by atomic mass is 9.90. The Hall–Kier alpha value is -2.92. The van der Waals surface area contributed by atoms with Gasteiger partial charge in [-0.1, -0.05) is 18.2 Å². The number of nitrogens with one attached hydrogen (secondary N) is 1. The maximum absolute atomic E-state index is 13.0. The van der Waals surface area contributed by atoms with E-state index in [0.29, 0.717) is 0 Å². The first-order chi connectivity index (χ1) is 13.7. The number of ketones is 1. The number of piperidine rings is 1. The third-order valence-electron chi connectivity index (χ3n) is 5.14. The van der Waals surface area contributed by atoms with Crippen LogP contribution in [0.3, 0.4) is 0 Å². The van der Waals surface area contributed by atoms with Gasteiger partial charge >= 0.3 is 0 Å². The highest BCUT2D eigenvalue weighted by molar-refractivity contribution is 5.98.